The van der Waals surface area contributed by atoms with E-state index in [2.05, 4.69) is 114 Å². The van der Waals surface area contributed by atoms with Crippen LogP contribution in [0.3, 0.4) is 0 Å². The number of hydrogen-bond donors (Lipinski definition) is 0. The topological polar surface area (TPSA) is 9.23 Å². The van der Waals surface area contributed by atoms with Crippen molar-refractivity contribution in [3.05, 3.63) is 85.0 Å². The lowest BCUT2D eigenvalue weighted by Crippen LogP contribution is -2.67. The molecule has 0 unspecified atom stereocenters. The van der Waals surface area contributed by atoms with Crippen LogP contribution < -0.4 is 10.4 Å². The molecule has 0 N–H and O–H groups in total. The highest BCUT2D eigenvalue weighted by atomic mass is 35.5. The van der Waals surface area contributed by atoms with E-state index in [1.54, 1.807) is 0 Å². The Balaban J connectivity index is 2.04. The van der Waals surface area contributed by atoms with Crippen molar-refractivity contribution in [1.29, 1.82) is 0 Å². The van der Waals surface area contributed by atoms with Gasteiger partial charge in [0.25, 0.3) is 8.32 Å². The van der Waals surface area contributed by atoms with E-state index in [-0.39, 0.29) is 10.5 Å². The molecule has 0 amide bonds. The molecule has 1 saturated carbocycles. The van der Waals surface area contributed by atoms with Crippen LogP contribution in [-0.2, 0) is 4.43 Å². The van der Waals surface area contributed by atoms with Crippen LogP contribution in [0.15, 0.2) is 85.0 Å². The predicted octanol–water partition coefficient (Wildman–Crippen LogP) is 6.97. The Labute approximate surface area is 201 Å². The lowest BCUT2D eigenvalue weighted by Gasteiger charge is -2.44. The molecule has 1 aliphatic rings. The molecular formula is C29H39ClOSi. The first kappa shape index (κ1) is 25.0. The van der Waals surface area contributed by atoms with Crippen molar-refractivity contribution in [1.82, 2.24) is 0 Å². The summed E-state index contributed by atoms with van der Waals surface area (Å²) in [6.45, 7) is 16.4. The van der Waals surface area contributed by atoms with Crippen LogP contribution in [0.4, 0.5) is 0 Å². The van der Waals surface area contributed by atoms with Gasteiger partial charge >= 0.3 is 0 Å². The molecule has 1 aliphatic carbocycles. The van der Waals surface area contributed by atoms with E-state index in [1.807, 2.05) is 0 Å². The van der Waals surface area contributed by atoms with Gasteiger partial charge in [0.15, 0.2) is 0 Å². The van der Waals surface area contributed by atoms with Crippen LogP contribution in [0.5, 0.6) is 0 Å². The highest BCUT2D eigenvalue weighted by Crippen LogP contribution is 2.49. The number of alkyl halides is 1. The molecule has 0 bridgehead atoms. The molecule has 0 radical (unpaired) electrons. The van der Waals surface area contributed by atoms with Crippen LogP contribution in [-0.4, -0.2) is 20.8 Å². The first-order valence-electron chi connectivity index (χ1n) is 11.8. The SMILES string of the molecule is C=C[C@]1(C)CC[C@@H](CO[Si](c2ccccc2)(c2ccccc2)C(C)(C)C)[C@@H]1/C=C(\C)CCl. The lowest BCUT2D eigenvalue weighted by molar-refractivity contribution is 0.196. The minimum Gasteiger partial charge on any atom is -0.407 e. The number of halogens is 1. The molecule has 3 atom stereocenters. The van der Waals surface area contributed by atoms with E-state index in [0.29, 0.717) is 17.7 Å². The van der Waals surface area contributed by atoms with Crippen molar-refractivity contribution in [3.8, 4) is 0 Å². The number of benzene rings is 2. The van der Waals surface area contributed by atoms with Gasteiger partial charge in [0.2, 0.25) is 0 Å². The molecule has 2 aromatic rings. The molecule has 1 fully saturated rings. The summed E-state index contributed by atoms with van der Waals surface area (Å²) in [6, 6.07) is 21.8. The van der Waals surface area contributed by atoms with Crippen molar-refractivity contribution in [3.63, 3.8) is 0 Å². The summed E-state index contributed by atoms with van der Waals surface area (Å²) >= 11 is 6.17. The lowest BCUT2D eigenvalue weighted by atomic mass is 9.76. The molecule has 172 valence electrons. The van der Waals surface area contributed by atoms with Gasteiger partial charge in [-0.15, -0.1) is 18.2 Å². The zero-order valence-electron chi connectivity index (χ0n) is 20.4. The Hall–Kier alpha value is -1.61. The van der Waals surface area contributed by atoms with Gasteiger partial charge in [-0.3, -0.25) is 0 Å². The number of rotatable bonds is 8. The maximum atomic E-state index is 7.28. The number of hydrogen-bond acceptors (Lipinski definition) is 1. The fourth-order valence-electron chi connectivity index (χ4n) is 5.48. The van der Waals surface area contributed by atoms with Crippen molar-refractivity contribution in [2.24, 2.45) is 17.3 Å². The molecule has 0 aromatic heterocycles. The Morgan fingerprint density at radius 1 is 1.09 bits per heavy atom. The summed E-state index contributed by atoms with van der Waals surface area (Å²) in [5.74, 6) is 1.43. The van der Waals surface area contributed by atoms with Crippen LogP contribution >= 0.6 is 11.6 Å². The van der Waals surface area contributed by atoms with E-state index in [4.69, 9.17) is 16.0 Å². The van der Waals surface area contributed by atoms with Crippen molar-refractivity contribution < 1.29 is 4.43 Å². The average molecular weight is 467 g/mol. The quantitative estimate of drug-likeness (QED) is 0.232. The van der Waals surface area contributed by atoms with E-state index in [0.717, 1.165) is 19.4 Å². The van der Waals surface area contributed by atoms with Gasteiger partial charge in [-0.2, -0.15) is 0 Å². The summed E-state index contributed by atoms with van der Waals surface area (Å²) in [6.07, 6.45) is 6.83. The Morgan fingerprint density at radius 3 is 2.06 bits per heavy atom. The van der Waals surface area contributed by atoms with Gasteiger partial charge < -0.3 is 4.43 Å². The monoisotopic (exact) mass is 466 g/mol. The van der Waals surface area contributed by atoms with Crippen LogP contribution in [0.25, 0.3) is 0 Å². The predicted molar refractivity (Wildman–Crippen MR) is 143 cm³/mol. The molecule has 3 rings (SSSR count). The molecule has 0 aliphatic heterocycles. The van der Waals surface area contributed by atoms with Crippen molar-refractivity contribution in [2.45, 2.75) is 52.5 Å². The highest BCUT2D eigenvalue weighted by molar-refractivity contribution is 6.99. The Morgan fingerprint density at radius 2 is 1.62 bits per heavy atom. The van der Waals surface area contributed by atoms with E-state index < -0.39 is 8.32 Å². The van der Waals surface area contributed by atoms with E-state index in [9.17, 15) is 0 Å². The standard InChI is InChI=1S/C29H39ClOSi/c1-7-29(6)19-18-24(27(29)20-23(2)21-30)22-31-32(28(3,4)5,25-14-10-8-11-15-25)26-16-12-9-13-17-26/h7-17,20,24,27H,1,18-19,21-22H2,2-6H3/b23-20+/t24-,27-,29+/m0/s1. The van der Waals surface area contributed by atoms with Gasteiger partial charge in [-0.25, -0.2) is 0 Å². The number of allylic oxidation sites excluding steroid dienone is 3. The second-order valence-electron chi connectivity index (χ2n) is 10.7. The smallest absolute Gasteiger partial charge is 0.261 e. The summed E-state index contributed by atoms with van der Waals surface area (Å²) in [5, 5.41) is 2.67. The van der Waals surface area contributed by atoms with E-state index >= 15 is 0 Å². The van der Waals surface area contributed by atoms with Crippen molar-refractivity contribution in [2.75, 3.05) is 12.5 Å². The summed E-state index contributed by atoms with van der Waals surface area (Å²) in [4.78, 5) is 0. The molecule has 2 aromatic carbocycles. The molecule has 0 saturated heterocycles. The minimum absolute atomic E-state index is 0.00651. The van der Waals surface area contributed by atoms with Gasteiger partial charge in [-0.1, -0.05) is 106 Å². The molecule has 1 nitrogen and oxygen atoms in total. The zero-order valence-corrected chi connectivity index (χ0v) is 22.2. The molecular weight excluding hydrogens is 428 g/mol. The molecule has 3 heteroatoms. The average Bonchev–Trinajstić information content (AvgIpc) is 3.10. The second-order valence-corrected chi connectivity index (χ2v) is 15.2. The fourth-order valence-corrected chi connectivity index (χ4v) is 10.2. The van der Waals surface area contributed by atoms with Gasteiger partial charge in [-0.05, 0) is 52.4 Å². The fraction of sp³-hybridized carbons (Fsp3) is 0.448. The largest absolute Gasteiger partial charge is 0.407 e. The first-order valence-corrected chi connectivity index (χ1v) is 14.2. The van der Waals surface area contributed by atoms with Crippen LogP contribution in [0.2, 0.25) is 5.04 Å². The molecule has 0 spiro atoms. The normalized spacial score (nSPS) is 24.5. The first-order chi connectivity index (χ1) is 15.2. The highest BCUT2D eigenvalue weighted by Gasteiger charge is 2.51. The third-order valence-electron chi connectivity index (χ3n) is 7.40. The maximum Gasteiger partial charge on any atom is 0.261 e. The third kappa shape index (κ3) is 4.83. The summed E-state index contributed by atoms with van der Waals surface area (Å²) in [7, 11) is -2.52. The summed E-state index contributed by atoms with van der Waals surface area (Å²) in [5.41, 5.74) is 1.33. The van der Waals surface area contributed by atoms with Crippen LogP contribution in [0.1, 0.15) is 47.5 Å². The molecule has 0 heterocycles. The van der Waals surface area contributed by atoms with Gasteiger partial charge in [0.1, 0.15) is 0 Å². The summed E-state index contributed by atoms with van der Waals surface area (Å²) < 4.78 is 7.28. The maximum absolute atomic E-state index is 7.28. The van der Waals surface area contributed by atoms with E-state index in [1.165, 1.54) is 15.9 Å². The Bertz CT molecular complexity index is 876. The van der Waals surface area contributed by atoms with Crippen molar-refractivity contribution >= 4 is 30.3 Å². The third-order valence-corrected chi connectivity index (χ3v) is 12.8. The Kier molecular flexibility index (Phi) is 7.91. The van der Waals surface area contributed by atoms with Gasteiger partial charge in [0, 0.05) is 12.5 Å². The molecule has 32 heavy (non-hydrogen) atoms. The van der Waals surface area contributed by atoms with Gasteiger partial charge in [0.05, 0.1) is 0 Å². The van der Waals surface area contributed by atoms with Crippen LogP contribution in [0, 0.1) is 17.3 Å². The zero-order chi connectivity index (χ0) is 23.4. The minimum atomic E-state index is -2.52. The second kappa shape index (κ2) is 10.1.